The van der Waals surface area contributed by atoms with Crippen molar-refractivity contribution in [2.24, 2.45) is 11.3 Å². The van der Waals surface area contributed by atoms with Gasteiger partial charge in [0.2, 0.25) is 5.91 Å². The Bertz CT molecular complexity index is 973. The molecule has 3 fully saturated rings. The van der Waals surface area contributed by atoms with E-state index < -0.39 is 23.3 Å². The lowest BCUT2D eigenvalue weighted by molar-refractivity contribution is -0.140. The molecule has 1 aromatic rings. The fraction of sp³-hybridized carbons (Fsp3) is 0.652. The number of rotatable bonds is 3. The number of imide groups is 1. The molecule has 1 spiro atoms. The molecule has 2 saturated heterocycles. The third-order valence-corrected chi connectivity index (χ3v) is 6.95. The Morgan fingerprint density at radius 2 is 1.82 bits per heavy atom. The molecule has 0 bridgehead atoms. The van der Waals surface area contributed by atoms with Crippen molar-refractivity contribution in [2.45, 2.75) is 51.7 Å². The molecule has 2 atom stereocenters. The van der Waals surface area contributed by atoms with Crippen LogP contribution in [0.3, 0.4) is 0 Å². The minimum absolute atomic E-state index is 0.0940. The number of pyridine rings is 1. The van der Waals surface area contributed by atoms with E-state index in [1.54, 1.807) is 9.80 Å². The average Bonchev–Trinajstić information content (AvgIpc) is 2.95. The number of carbonyl (C=O) groups is 3. The summed E-state index contributed by atoms with van der Waals surface area (Å²) in [5.41, 5.74) is -1.86. The highest BCUT2D eigenvalue weighted by Crippen LogP contribution is 2.46. The van der Waals surface area contributed by atoms with Crippen LogP contribution < -0.4 is 10.2 Å². The van der Waals surface area contributed by atoms with Gasteiger partial charge in [-0.1, -0.05) is 20.8 Å². The fourth-order valence-electron chi connectivity index (χ4n) is 5.81. The van der Waals surface area contributed by atoms with Gasteiger partial charge in [-0.2, -0.15) is 13.2 Å². The lowest BCUT2D eigenvalue weighted by atomic mass is 9.64. The summed E-state index contributed by atoms with van der Waals surface area (Å²) in [7, 11) is 0. The number of anilines is 1. The van der Waals surface area contributed by atoms with Crippen LogP contribution in [0.25, 0.3) is 0 Å². The summed E-state index contributed by atoms with van der Waals surface area (Å²) in [6, 6.07) is 1.77. The van der Waals surface area contributed by atoms with Crippen molar-refractivity contribution in [3.63, 3.8) is 0 Å². The monoisotopic (exact) mass is 481 g/mol. The van der Waals surface area contributed by atoms with Gasteiger partial charge in [0.25, 0.3) is 5.91 Å². The van der Waals surface area contributed by atoms with Crippen molar-refractivity contribution >= 4 is 23.7 Å². The molecule has 34 heavy (non-hydrogen) atoms. The van der Waals surface area contributed by atoms with E-state index in [-0.39, 0.29) is 29.7 Å². The van der Waals surface area contributed by atoms with Crippen molar-refractivity contribution in [1.82, 2.24) is 20.1 Å². The number of carbonyl (C=O) groups excluding carboxylic acids is 3. The van der Waals surface area contributed by atoms with Crippen LogP contribution in [-0.4, -0.2) is 70.9 Å². The summed E-state index contributed by atoms with van der Waals surface area (Å²) in [4.78, 5) is 47.1. The van der Waals surface area contributed by atoms with Gasteiger partial charge in [0, 0.05) is 32.4 Å². The highest BCUT2D eigenvalue weighted by Gasteiger charge is 2.56. The van der Waals surface area contributed by atoms with Crippen LogP contribution in [0, 0.1) is 11.3 Å². The molecule has 1 aliphatic carbocycles. The zero-order chi connectivity index (χ0) is 24.9. The topological polar surface area (TPSA) is 85.8 Å². The standard InChI is InChI=1S/C23H30F3N5O3/c1-15-10-21(2,3)14-22(11-15)19(33)31(20(34)28-22)13-18(32)30-8-6-29(7-9-30)17-5-4-16(12-27-17)23(24,25)26/h4-5,12,15H,6-11,13-14H2,1-3H3,(H,28,34)/t15-,22-/m1/s1. The SMILES string of the molecule is C[C@@H]1CC(C)(C)C[C@@]2(C1)NC(=O)N(CC(=O)N1CCN(c3ccc(C(F)(F)F)cn3)CC1)C2=O. The van der Waals surface area contributed by atoms with Gasteiger partial charge in [0.15, 0.2) is 0 Å². The van der Waals surface area contributed by atoms with Gasteiger partial charge < -0.3 is 15.1 Å². The van der Waals surface area contributed by atoms with E-state index in [4.69, 9.17) is 0 Å². The molecule has 4 rings (SSSR count). The summed E-state index contributed by atoms with van der Waals surface area (Å²) in [6.07, 6.45) is -1.58. The summed E-state index contributed by atoms with van der Waals surface area (Å²) in [5.74, 6) is 0.0162. The van der Waals surface area contributed by atoms with Crippen molar-refractivity contribution in [3.05, 3.63) is 23.9 Å². The second-order valence-corrected chi connectivity index (χ2v) is 10.5. The van der Waals surface area contributed by atoms with E-state index in [1.165, 1.54) is 6.07 Å². The average molecular weight is 482 g/mol. The maximum Gasteiger partial charge on any atom is 0.417 e. The number of amides is 4. The first-order valence-electron chi connectivity index (χ1n) is 11.5. The minimum atomic E-state index is -4.44. The summed E-state index contributed by atoms with van der Waals surface area (Å²) >= 11 is 0. The molecule has 186 valence electrons. The number of urea groups is 1. The molecular weight excluding hydrogens is 451 g/mol. The van der Waals surface area contributed by atoms with Crippen LogP contribution in [0.4, 0.5) is 23.8 Å². The Labute approximate surface area is 196 Å². The molecule has 0 radical (unpaired) electrons. The van der Waals surface area contributed by atoms with Crippen LogP contribution in [0.2, 0.25) is 0 Å². The highest BCUT2D eigenvalue weighted by atomic mass is 19.4. The number of nitrogens with zero attached hydrogens (tertiary/aromatic N) is 4. The number of hydrogen-bond acceptors (Lipinski definition) is 5. The maximum atomic E-state index is 13.3. The smallest absolute Gasteiger partial charge is 0.353 e. The first-order chi connectivity index (χ1) is 15.8. The number of piperazine rings is 1. The lowest BCUT2D eigenvalue weighted by Gasteiger charge is -2.43. The largest absolute Gasteiger partial charge is 0.417 e. The molecule has 1 aromatic heterocycles. The first-order valence-corrected chi connectivity index (χ1v) is 11.5. The Hall–Kier alpha value is -2.85. The molecule has 2 aliphatic heterocycles. The number of halogens is 3. The fourth-order valence-corrected chi connectivity index (χ4v) is 5.81. The molecule has 1 N–H and O–H groups in total. The molecule has 8 nitrogen and oxygen atoms in total. The number of hydrogen-bond donors (Lipinski definition) is 1. The zero-order valence-corrected chi connectivity index (χ0v) is 19.6. The van der Waals surface area contributed by atoms with Gasteiger partial charge in [-0.15, -0.1) is 0 Å². The van der Waals surface area contributed by atoms with Crippen molar-refractivity contribution in [1.29, 1.82) is 0 Å². The summed E-state index contributed by atoms with van der Waals surface area (Å²) < 4.78 is 38.2. The summed E-state index contributed by atoms with van der Waals surface area (Å²) in [5, 5.41) is 2.88. The van der Waals surface area contributed by atoms with E-state index in [0.717, 1.165) is 23.6 Å². The molecule has 3 heterocycles. The van der Waals surface area contributed by atoms with E-state index in [1.807, 2.05) is 0 Å². The Balaban J connectivity index is 1.35. The molecule has 11 heteroatoms. The number of nitrogens with one attached hydrogen (secondary N) is 1. The van der Waals surface area contributed by atoms with Crippen LogP contribution in [0.1, 0.15) is 45.6 Å². The van der Waals surface area contributed by atoms with Crippen LogP contribution >= 0.6 is 0 Å². The van der Waals surface area contributed by atoms with Crippen LogP contribution in [0.5, 0.6) is 0 Å². The number of alkyl halides is 3. The Kier molecular flexibility index (Phi) is 6.02. The summed E-state index contributed by atoms with van der Waals surface area (Å²) in [6.45, 7) is 7.34. The molecule has 3 aliphatic rings. The van der Waals surface area contributed by atoms with Gasteiger partial charge in [-0.25, -0.2) is 9.78 Å². The van der Waals surface area contributed by atoms with Crippen LogP contribution in [-0.2, 0) is 15.8 Å². The minimum Gasteiger partial charge on any atom is -0.353 e. The van der Waals surface area contributed by atoms with Crippen molar-refractivity contribution in [3.8, 4) is 0 Å². The lowest BCUT2D eigenvalue weighted by Crippen LogP contribution is -2.55. The third kappa shape index (κ3) is 4.69. The Morgan fingerprint density at radius 1 is 1.15 bits per heavy atom. The molecular formula is C23H30F3N5O3. The Morgan fingerprint density at radius 3 is 2.38 bits per heavy atom. The first kappa shape index (κ1) is 24.3. The van der Waals surface area contributed by atoms with E-state index in [0.29, 0.717) is 44.8 Å². The molecule has 1 saturated carbocycles. The predicted molar refractivity (Wildman–Crippen MR) is 118 cm³/mol. The van der Waals surface area contributed by atoms with Crippen molar-refractivity contribution in [2.75, 3.05) is 37.6 Å². The number of aromatic nitrogens is 1. The van der Waals surface area contributed by atoms with E-state index >= 15 is 0 Å². The van der Waals surface area contributed by atoms with Crippen molar-refractivity contribution < 1.29 is 27.6 Å². The highest BCUT2D eigenvalue weighted by molar-refractivity contribution is 6.09. The predicted octanol–water partition coefficient (Wildman–Crippen LogP) is 2.89. The van der Waals surface area contributed by atoms with E-state index in [2.05, 4.69) is 31.1 Å². The quantitative estimate of drug-likeness (QED) is 0.671. The van der Waals surface area contributed by atoms with Gasteiger partial charge >= 0.3 is 12.2 Å². The van der Waals surface area contributed by atoms with E-state index in [9.17, 15) is 27.6 Å². The normalized spacial score (nSPS) is 27.4. The second kappa shape index (κ2) is 8.42. The van der Waals surface area contributed by atoms with Gasteiger partial charge in [0.05, 0.1) is 5.56 Å². The zero-order valence-electron chi connectivity index (χ0n) is 19.6. The van der Waals surface area contributed by atoms with Gasteiger partial charge in [-0.05, 0) is 42.7 Å². The van der Waals surface area contributed by atoms with Gasteiger partial charge in [-0.3, -0.25) is 14.5 Å². The molecule has 0 aromatic carbocycles. The second-order valence-electron chi connectivity index (χ2n) is 10.5. The molecule has 0 unspecified atom stereocenters. The maximum absolute atomic E-state index is 13.3. The third-order valence-electron chi connectivity index (χ3n) is 6.95. The van der Waals surface area contributed by atoms with Crippen LogP contribution in [0.15, 0.2) is 18.3 Å². The molecule has 4 amide bonds. The van der Waals surface area contributed by atoms with Gasteiger partial charge in [0.1, 0.15) is 17.9 Å².